The van der Waals surface area contributed by atoms with Crippen molar-refractivity contribution in [2.75, 3.05) is 13.2 Å². The fourth-order valence-corrected chi connectivity index (χ4v) is 1.56. The molecule has 1 aromatic rings. The van der Waals surface area contributed by atoms with Crippen LogP contribution < -0.4 is 19.9 Å². The molecule has 0 unspecified atom stereocenters. The number of pyridine rings is 1. The molecule has 0 bridgehead atoms. The third-order valence-electron chi connectivity index (χ3n) is 2.78. The van der Waals surface area contributed by atoms with Crippen molar-refractivity contribution < 1.29 is 14.2 Å². The van der Waals surface area contributed by atoms with Crippen LogP contribution >= 0.6 is 0 Å². The normalized spacial score (nSPS) is 10.5. The van der Waals surface area contributed by atoms with Crippen LogP contribution in [0.2, 0.25) is 0 Å². The highest BCUT2D eigenvalue weighted by Crippen LogP contribution is 2.26. The van der Waals surface area contributed by atoms with Crippen LogP contribution in [0.15, 0.2) is 12.3 Å². The topological polar surface area (TPSA) is 71.4 Å². The second-order valence-electron chi connectivity index (χ2n) is 4.43. The van der Waals surface area contributed by atoms with Crippen molar-refractivity contribution in [3.63, 3.8) is 0 Å². The van der Waals surface area contributed by atoms with E-state index in [1.54, 1.807) is 6.07 Å². The molecule has 1 heterocycles. The second kappa shape index (κ2) is 8.58. The standard InChI is InChI=1S/C14H24N2O3/c1-3-5-7-18-13-9-12(10-15)16(17)11-14(13)19-8-6-4-2/h9,11H,3-8,10,15H2,1-2H3. The highest BCUT2D eigenvalue weighted by atomic mass is 16.5. The molecule has 5 heteroatoms. The lowest BCUT2D eigenvalue weighted by atomic mass is 10.3. The van der Waals surface area contributed by atoms with Crippen molar-refractivity contribution in [2.45, 2.75) is 46.1 Å². The van der Waals surface area contributed by atoms with Gasteiger partial charge in [0.15, 0.2) is 5.75 Å². The van der Waals surface area contributed by atoms with E-state index in [9.17, 15) is 5.21 Å². The number of nitrogens with two attached hydrogens (primary N) is 1. The molecule has 19 heavy (non-hydrogen) atoms. The average Bonchev–Trinajstić information content (AvgIpc) is 2.41. The number of hydrogen-bond donors (Lipinski definition) is 1. The minimum atomic E-state index is 0.183. The maximum atomic E-state index is 11.7. The fraction of sp³-hybridized carbons (Fsp3) is 0.643. The molecule has 0 radical (unpaired) electrons. The molecule has 0 aromatic carbocycles. The third kappa shape index (κ3) is 4.95. The minimum Gasteiger partial charge on any atom is -0.618 e. The predicted octanol–water partition coefficient (Wildman–Crippen LogP) is 2.14. The van der Waals surface area contributed by atoms with Gasteiger partial charge in [0.1, 0.15) is 0 Å². The number of unbranched alkanes of at least 4 members (excludes halogenated alkanes) is 2. The maximum absolute atomic E-state index is 11.7. The Morgan fingerprint density at radius 1 is 1.11 bits per heavy atom. The average molecular weight is 268 g/mol. The second-order valence-corrected chi connectivity index (χ2v) is 4.43. The summed E-state index contributed by atoms with van der Waals surface area (Å²) in [5, 5.41) is 11.7. The van der Waals surface area contributed by atoms with Gasteiger partial charge in [0.2, 0.25) is 17.6 Å². The Morgan fingerprint density at radius 2 is 1.68 bits per heavy atom. The van der Waals surface area contributed by atoms with E-state index in [-0.39, 0.29) is 6.54 Å². The molecule has 5 nitrogen and oxygen atoms in total. The number of nitrogens with zero attached hydrogens (tertiary/aromatic N) is 1. The van der Waals surface area contributed by atoms with E-state index in [0.29, 0.717) is 30.4 Å². The van der Waals surface area contributed by atoms with Gasteiger partial charge in [-0.25, -0.2) is 0 Å². The van der Waals surface area contributed by atoms with Gasteiger partial charge in [0, 0.05) is 0 Å². The molecule has 0 aliphatic heterocycles. The molecule has 0 saturated heterocycles. The summed E-state index contributed by atoms with van der Waals surface area (Å²) >= 11 is 0. The lowest BCUT2D eigenvalue weighted by Crippen LogP contribution is -2.33. The van der Waals surface area contributed by atoms with E-state index in [2.05, 4.69) is 13.8 Å². The summed E-state index contributed by atoms with van der Waals surface area (Å²) in [6, 6.07) is 1.67. The summed E-state index contributed by atoms with van der Waals surface area (Å²) in [5.41, 5.74) is 6.01. The van der Waals surface area contributed by atoms with Gasteiger partial charge in [-0.2, -0.15) is 4.73 Å². The lowest BCUT2D eigenvalue weighted by Gasteiger charge is -2.13. The summed E-state index contributed by atoms with van der Waals surface area (Å²) < 4.78 is 12.0. The Labute approximate surface area is 114 Å². The molecule has 0 aliphatic rings. The lowest BCUT2D eigenvalue weighted by molar-refractivity contribution is -0.614. The summed E-state index contributed by atoms with van der Waals surface area (Å²) in [7, 11) is 0. The molecule has 2 N–H and O–H groups in total. The van der Waals surface area contributed by atoms with Crippen LogP contribution in [0.3, 0.4) is 0 Å². The van der Waals surface area contributed by atoms with Crippen molar-refractivity contribution in [3.05, 3.63) is 23.2 Å². The van der Waals surface area contributed by atoms with Crippen LogP contribution in [0.4, 0.5) is 0 Å². The number of ether oxygens (including phenoxy) is 2. The van der Waals surface area contributed by atoms with Gasteiger partial charge in [-0.3, -0.25) is 0 Å². The molecular formula is C14H24N2O3. The highest BCUT2D eigenvalue weighted by molar-refractivity contribution is 5.37. The highest BCUT2D eigenvalue weighted by Gasteiger charge is 2.14. The zero-order valence-electron chi connectivity index (χ0n) is 11.9. The molecule has 0 atom stereocenters. The zero-order chi connectivity index (χ0) is 14.1. The van der Waals surface area contributed by atoms with E-state index < -0.39 is 0 Å². The molecule has 0 aliphatic carbocycles. The van der Waals surface area contributed by atoms with Crippen molar-refractivity contribution >= 4 is 0 Å². The Morgan fingerprint density at radius 3 is 2.21 bits per heavy atom. The van der Waals surface area contributed by atoms with Gasteiger partial charge in [-0.15, -0.1) is 0 Å². The first-order chi connectivity index (χ1) is 9.22. The van der Waals surface area contributed by atoms with E-state index in [4.69, 9.17) is 15.2 Å². The minimum absolute atomic E-state index is 0.183. The van der Waals surface area contributed by atoms with Crippen LogP contribution in [0.25, 0.3) is 0 Å². The monoisotopic (exact) mass is 268 g/mol. The van der Waals surface area contributed by atoms with Gasteiger partial charge >= 0.3 is 0 Å². The van der Waals surface area contributed by atoms with Gasteiger partial charge in [-0.05, 0) is 12.8 Å². The molecule has 0 saturated carbocycles. The SMILES string of the molecule is CCCCOc1cc(CN)[n+]([O-])cc1OCCCC. The first kappa shape index (κ1) is 15.6. The van der Waals surface area contributed by atoms with Gasteiger partial charge < -0.3 is 20.4 Å². The maximum Gasteiger partial charge on any atom is 0.227 e. The zero-order valence-corrected chi connectivity index (χ0v) is 11.9. The quantitative estimate of drug-likeness (QED) is 0.423. The molecule has 0 amide bonds. The summed E-state index contributed by atoms with van der Waals surface area (Å²) in [5.74, 6) is 1.11. The Balaban J connectivity index is 2.81. The number of hydrogen-bond acceptors (Lipinski definition) is 4. The third-order valence-corrected chi connectivity index (χ3v) is 2.78. The first-order valence-electron chi connectivity index (χ1n) is 6.94. The summed E-state index contributed by atoms with van der Waals surface area (Å²) in [6.07, 6.45) is 5.43. The van der Waals surface area contributed by atoms with Crippen molar-refractivity contribution in [1.29, 1.82) is 0 Å². The van der Waals surface area contributed by atoms with Crippen LogP contribution in [-0.4, -0.2) is 13.2 Å². The Bertz CT molecular complexity index is 383. The van der Waals surface area contributed by atoms with Crippen LogP contribution in [-0.2, 0) is 6.54 Å². The van der Waals surface area contributed by atoms with Gasteiger partial charge in [-0.1, -0.05) is 26.7 Å². The Kier molecular flexibility index (Phi) is 7.03. The predicted molar refractivity (Wildman–Crippen MR) is 74.1 cm³/mol. The largest absolute Gasteiger partial charge is 0.618 e. The van der Waals surface area contributed by atoms with Crippen LogP contribution in [0.5, 0.6) is 11.5 Å². The molecule has 1 aromatic heterocycles. The van der Waals surface area contributed by atoms with Gasteiger partial charge in [0.05, 0.1) is 25.8 Å². The molecular weight excluding hydrogens is 244 g/mol. The van der Waals surface area contributed by atoms with Gasteiger partial charge in [0.25, 0.3) is 0 Å². The smallest absolute Gasteiger partial charge is 0.227 e. The molecule has 108 valence electrons. The molecule has 0 fully saturated rings. The van der Waals surface area contributed by atoms with E-state index in [0.717, 1.165) is 30.4 Å². The van der Waals surface area contributed by atoms with E-state index in [1.165, 1.54) is 6.20 Å². The number of rotatable bonds is 9. The fourth-order valence-electron chi connectivity index (χ4n) is 1.56. The van der Waals surface area contributed by atoms with Crippen molar-refractivity contribution in [3.8, 4) is 11.5 Å². The van der Waals surface area contributed by atoms with Crippen molar-refractivity contribution in [1.82, 2.24) is 0 Å². The van der Waals surface area contributed by atoms with E-state index in [1.807, 2.05) is 0 Å². The van der Waals surface area contributed by atoms with Crippen molar-refractivity contribution in [2.24, 2.45) is 5.73 Å². The first-order valence-corrected chi connectivity index (χ1v) is 6.94. The molecule has 1 rings (SSSR count). The van der Waals surface area contributed by atoms with E-state index >= 15 is 0 Å². The summed E-state index contributed by atoms with van der Waals surface area (Å²) in [4.78, 5) is 0. The van der Waals surface area contributed by atoms with Crippen LogP contribution in [0.1, 0.15) is 45.2 Å². The summed E-state index contributed by atoms with van der Waals surface area (Å²) in [6.45, 7) is 5.58. The Hall–Kier alpha value is -1.49. The number of aromatic nitrogens is 1. The molecule has 0 spiro atoms. The van der Waals surface area contributed by atoms with Crippen LogP contribution in [0, 0.1) is 5.21 Å².